The first kappa shape index (κ1) is 16.0. The Morgan fingerprint density at radius 2 is 1.91 bits per heavy atom. The van der Waals surface area contributed by atoms with Crippen molar-refractivity contribution >= 4 is 23.6 Å². The molecule has 0 spiro atoms. The van der Waals surface area contributed by atoms with Crippen molar-refractivity contribution in [3.05, 3.63) is 29.3 Å². The van der Waals surface area contributed by atoms with Crippen molar-refractivity contribution < 1.29 is 19.1 Å². The molecule has 1 aliphatic rings. The molecule has 0 aromatic heterocycles. The first-order valence-corrected chi connectivity index (χ1v) is 7.30. The van der Waals surface area contributed by atoms with E-state index in [0.717, 1.165) is 30.4 Å². The van der Waals surface area contributed by atoms with E-state index in [0.29, 0.717) is 5.69 Å². The first-order chi connectivity index (χ1) is 10.5. The van der Waals surface area contributed by atoms with Gasteiger partial charge >= 0.3 is 12.0 Å². The van der Waals surface area contributed by atoms with Crippen molar-refractivity contribution in [2.75, 3.05) is 11.9 Å². The van der Waals surface area contributed by atoms with Crippen LogP contribution in [0, 0.1) is 19.8 Å². The van der Waals surface area contributed by atoms with E-state index in [1.807, 2.05) is 26.0 Å². The number of aryl methyl sites for hydroxylation is 2. The fourth-order valence-electron chi connectivity index (χ4n) is 2.04. The molecule has 0 radical (unpaired) electrons. The highest BCUT2D eigenvalue weighted by molar-refractivity contribution is 6.01. The predicted octanol–water partition coefficient (Wildman–Crippen LogP) is 2.29. The second-order valence-corrected chi connectivity index (χ2v) is 5.54. The van der Waals surface area contributed by atoms with Crippen molar-refractivity contribution in [3.63, 3.8) is 0 Å². The van der Waals surface area contributed by atoms with Gasteiger partial charge in [-0.3, -0.25) is 14.9 Å². The molecule has 2 N–H and O–H groups in total. The molecule has 1 aromatic carbocycles. The molecule has 6 heteroatoms. The number of amides is 3. The zero-order valence-corrected chi connectivity index (χ0v) is 12.8. The van der Waals surface area contributed by atoms with Crippen molar-refractivity contribution in [2.24, 2.45) is 5.92 Å². The Kier molecular flexibility index (Phi) is 5.14. The second kappa shape index (κ2) is 7.06. The highest BCUT2D eigenvalue weighted by Gasteiger charge is 2.27. The third-order valence-corrected chi connectivity index (χ3v) is 3.80. The van der Waals surface area contributed by atoms with E-state index in [1.165, 1.54) is 0 Å². The summed E-state index contributed by atoms with van der Waals surface area (Å²) in [4.78, 5) is 34.7. The maximum absolute atomic E-state index is 11.7. The third kappa shape index (κ3) is 4.31. The maximum Gasteiger partial charge on any atom is 0.325 e. The van der Waals surface area contributed by atoms with Crippen LogP contribution in [0.15, 0.2) is 18.2 Å². The van der Waals surface area contributed by atoms with E-state index in [4.69, 9.17) is 4.74 Å². The predicted molar refractivity (Wildman–Crippen MR) is 81.4 cm³/mol. The van der Waals surface area contributed by atoms with Crippen LogP contribution in [0.3, 0.4) is 0 Å². The molecular formula is C16H20N2O4. The number of hydrogen-bond acceptors (Lipinski definition) is 4. The summed E-state index contributed by atoms with van der Waals surface area (Å²) >= 11 is 0. The number of imide groups is 1. The molecule has 1 aromatic rings. The zero-order chi connectivity index (χ0) is 16.1. The minimum atomic E-state index is -0.645. The number of ether oxygens (including phenoxy) is 1. The van der Waals surface area contributed by atoms with E-state index >= 15 is 0 Å². The van der Waals surface area contributed by atoms with Crippen molar-refractivity contribution in [1.82, 2.24) is 5.32 Å². The summed E-state index contributed by atoms with van der Waals surface area (Å²) in [7, 11) is 0. The van der Waals surface area contributed by atoms with E-state index < -0.39 is 18.5 Å². The van der Waals surface area contributed by atoms with Gasteiger partial charge in [0, 0.05) is 5.69 Å². The van der Waals surface area contributed by atoms with Gasteiger partial charge in [0.25, 0.3) is 5.91 Å². The number of nitrogens with one attached hydrogen (secondary N) is 2. The fraction of sp³-hybridized carbons (Fsp3) is 0.438. The summed E-state index contributed by atoms with van der Waals surface area (Å²) in [6, 6.07) is 4.81. The topological polar surface area (TPSA) is 84.5 Å². The van der Waals surface area contributed by atoms with E-state index in [-0.39, 0.29) is 11.9 Å². The highest BCUT2D eigenvalue weighted by Crippen LogP contribution is 2.27. The van der Waals surface area contributed by atoms with Gasteiger partial charge in [0.2, 0.25) is 0 Å². The van der Waals surface area contributed by atoms with Gasteiger partial charge in [-0.1, -0.05) is 12.5 Å². The third-order valence-electron chi connectivity index (χ3n) is 3.80. The standard InChI is InChI=1S/C16H20N2O4/c1-10-6-7-13(8-11(10)2)17-16(21)18-14(19)9-22-15(20)12-4-3-5-12/h6-8,12H,3-5,9H2,1-2H3,(H2,17,18,19,21). The smallest absolute Gasteiger partial charge is 0.325 e. The summed E-state index contributed by atoms with van der Waals surface area (Å²) in [6.07, 6.45) is 2.64. The summed E-state index contributed by atoms with van der Waals surface area (Å²) in [6.45, 7) is 3.47. The van der Waals surface area contributed by atoms with Crippen LogP contribution in [0.25, 0.3) is 0 Å². The molecule has 0 bridgehead atoms. The Balaban J connectivity index is 1.74. The summed E-state index contributed by atoms with van der Waals surface area (Å²) in [5.41, 5.74) is 2.75. The Morgan fingerprint density at radius 3 is 2.50 bits per heavy atom. The molecule has 22 heavy (non-hydrogen) atoms. The lowest BCUT2D eigenvalue weighted by atomic mass is 9.86. The maximum atomic E-state index is 11.7. The van der Waals surface area contributed by atoms with E-state index in [1.54, 1.807) is 6.07 Å². The number of anilines is 1. The van der Waals surface area contributed by atoms with Gasteiger partial charge in [-0.25, -0.2) is 4.79 Å². The quantitative estimate of drug-likeness (QED) is 0.836. The minimum Gasteiger partial charge on any atom is -0.455 e. The van der Waals surface area contributed by atoms with Crippen LogP contribution in [-0.4, -0.2) is 24.5 Å². The molecule has 0 saturated heterocycles. The molecule has 0 unspecified atom stereocenters. The number of esters is 1. The van der Waals surface area contributed by atoms with Crippen molar-refractivity contribution in [2.45, 2.75) is 33.1 Å². The van der Waals surface area contributed by atoms with Gasteiger partial charge < -0.3 is 10.1 Å². The summed E-state index contributed by atoms with van der Waals surface area (Å²) < 4.78 is 4.86. The molecular weight excluding hydrogens is 284 g/mol. The second-order valence-electron chi connectivity index (χ2n) is 5.54. The van der Waals surface area contributed by atoms with Gasteiger partial charge in [0.15, 0.2) is 6.61 Å². The largest absolute Gasteiger partial charge is 0.455 e. The molecule has 6 nitrogen and oxygen atoms in total. The van der Waals surface area contributed by atoms with Crippen LogP contribution in [-0.2, 0) is 14.3 Å². The Hall–Kier alpha value is -2.37. The van der Waals surface area contributed by atoms with Crippen molar-refractivity contribution in [3.8, 4) is 0 Å². The molecule has 118 valence electrons. The van der Waals surface area contributed by atoms with Crippen LogP contribution >= 0.6 is 0 Å². The number of benzene rings is 1. The van der Waals surface area contributed by atoms with Gasteiger partial charge in [-0.2, -0.15) is 0 Å². The Morgan fingerprint density at radius 1 is 1.18 bits per heavy atom. The number of hydrogen-bond donors (Lipinski definition) is 2. The van der Waals surface area contributed by atoms with E-state index in [9.17, 15) is 14.4 Å². The molecule has 1 saturated carbocycles. The van der Waals surface area contributed by atoms with Crippen LogP contribution in [0.2, 0.25) is 0 Å². The van der Waals surface area contributed by atoms with Gasteiger partial charge in [0.1, 0.15) is 0 Å². The van der Waals surface area contributed by atoms with Crippen LogP contribution in [0.4, 0.5) is 10.5 Å². The van der Waals surface area contributed by atoms with E-state index in [2.05, 4.69) is 10.6 Å². The monoisotopic (exact) mass is 304 g/mol. The highest BCUT2D eigenvalue weighted by atomic mass is 16.5. The fourth-order valence-corrected chi connectivity index (χ4v) is 2.04. The lowest BCUT2D eigenvalue weighted by Crippen LogP contribution is -2.38. The number of carbonyl (C=O) groups excluding carboxylic acids is 3. The molecule has 0 atom stereocenters. The lowest BCUT2D eigenvalue weighted by Gasteiger charge is -2.22. The normalized spacial score (nSPS) is 13.9. The number of rotatable bonds is 4. The number of urea groups is 1. The minimum absolute atomic E-state index is 0.0860. The average molecular weight is 304 g/mol. The summed E-state index contributed by atoms with van der Waals surface area (Å²) in [5, 5.41) is 4.69. The van der Waals surface area contributed by atoms with Gasteiger partial charge in [-0.05, 0) is 49.9 Å². The Labute approximate surface area is 129 Å². The Bertz CT molecular complexity index is 594. The SMILES string of the molecule is Cc1ccc(NC(=O)NC(=O)COC(=O)C2CCC2)cc1C. The molecule has 0 aliphatic heterocycles. The molecule has 2 rings (SSSR count). The van der Waals surface area contributed by atoms with Crippen LogP contribution in [0.5, 0.6) is 0 Å². The van der Waals surface area contributed by atoms with Gasteiger partial charge in [0.05, 0.1) is 5.92 Å². The molecule has 1 aliphatic carbocycles. The average Bonchev–Trinajstić information content (AvgIpc) is 2.38. The van der Waals surface area contributed by atoms with Crippen molar-refractivity contribution in [1.29, 1.82) is 0 Å². The van der Waals surface area contributed by atoms with Gasteiger partial charge in [-0.15, -0.1) is 0 Å². The molecule has 1 fully saturated rings. The zero-order valence-electron chi connectivity index (χ0n) is 12.8. The molecule has 0 heterocycles. The summed E-state index contributed by atoms with van der Waals surface area (Å²) in [5.74, 6) is -1.10. The number of carbonyl (C=O) groups is 3. The molecule has 3 amide bonds. The first-order valence-electron chi connectivity index (χ1n) is 7.30. The van der Waals surface area contributed by atoms with Crippen LogP contribution < -0.4 is 10.6 Å². The lowest BCUT2D eigenvalue weighted by molar-refractivity contribution is -0.154. The van der Waals surface area contributed by atoms with Crippen LogP contribution in [0.1, 0.15) is 30.4 Å².